The number of hydrogen-bond acceptors (Lipinski definition) is 3. The van der Waals surface area contributed by atoms with Crippen molar-refractivity contribution in [3.63, 3.8) is 0 Å². The molecule has 92 valence electrons. The second kappa shape index (κ2) is 5.31. The quantitative estimate of drug-likeness (QED) is 0.849. The van der Waals surface area contributed by atoms with Crippen LogP contribution in [0.4, 0.5) is 5.82 Å². The molecule has 0 atom stereocenters. The number of nitrogens with zero attached hydrogens (tertiary/aromatic N) is 2. The van der Waals surface area contributed by atoms with Crippen LogP contribution in [0.25, 0.3) is 0 Å². The Morgan fingerprint density at radius 2 is 2.35 bits per heavy atom. The first kappa shape index (κ1) is 12.8. The second-order valence-corrected chi connectivity index (χ2v) is 5.81. The summed E-state index contributed by atoms with van der Waals surface area (Å²) in [5.74, 6) is 1.03. The van der Waals surface area contributed by atoms with Crippen molar-refractivity contribution in [2.75, 3.05) is 11.4 Å². The van der Waals surface area contributed by atoms with Crippen LogP contribution >= 0.6 is 28.1 Å². The maximum Gasteiger partial charge on any atom is 0.129 e. The van der Waals surface area contributed by atoms with Crippen LogP contribution in [0.3, 0.4) is 0 Å². The van der Waals surface area contributed by atoms with E-state index in [1.165, 1.54) is 18.4 Å². The minimum absolute atomic E-state index is 0.574. The lowest BCUT2D eigenvalue weighted by Gasteiger charge is -2.23. The summed E-state index contributed by atoms with van der Waals surface area (Å²) in [6, 6.07) is 2.74. The molecule has 0 bridgehead atoms. The van der Waals surface area contributed by atoms with Gasteiger partial charge in [0.25, 0.3) is 0 Å². The zero-order valence-corrected chi connectivity index (χ0v) is 12.2. The van der Waals surface area contributed by atoms with Crippen molar-refractivity contribution in [3.8, 4) is 0 Å². The smallest absolute Gasteiger partial charge is 0.129 e. The molecule has 0 saturated heterocycles. The number of nitrogens with two attached hydrogens (primary N) is 1. The predicted octanol–water partition coefficient (Wildman–Crippen LogP) is 2.80. The number of anilines is 1. The van der Waals surface area contributed by atoms with E-state index >= 15 is 0 Å². The highest BCUT2D eigenvalue weighted by Crippen LogP contribution is 2.31. The Labute approximate surface area is 116 Å². The van der Waals surface area contributed by atoms with Crippen LogP contribution in [0.2, 0.25) is 0 Å². The monoisotopic (exact) mass is 313 g/mol. The average Bonchev–Trinajstić information content (AvgIpc) is 3.07. The summed E-state index contributed by atoms with van der Waals surface area (Å²) >= 11 is 8.41. The van der Waals surface area contributed by atoms with Gasteiger partial charge in [-0.3, -0.25) is 0 Å². The van der Waals surface area contributed by atoms with Gasteiger partial charge in [0.05, 0.1) is 4.99 Å². The summed E-state index contributed by atoms with van der Waals surface area (Å²) in [5, 5.41) is 0. The minimum atomic E-state index is 0.574. The molecular formula is C12H16BrN3S. The van der Waals surface area contributed by atoms with E-state index < -0.39 is 0 Å². The molecule has 1 aromatic rings. The lowest BCUT2D eigenvalue weighted by molar-refractivity contribution is 0.784. The van der Waals surface area contributed by atoms with Gasteiger partial charge in [0.15, 0.2) is 0 Å². The van der Waals surface area contributed by atoms with Crippen molar-refractivity contribution in [2.24, 2.45) is 5.73 Å². The van der Waals surface area contributed by atoms with E-state index in [2.05, 4.69) is 38.8 Å². The fourth-order valence-electron chi connectivity index (χ4n) is 1.78. The maximum atomic E-state index is 5.57. The molecular weight excluding hydrogens is 298 g/mol. The van der Waals surface area contributed by atoms with Crippen molar-refractivity contribution in [3.05, 3.63) is 22.3 Å². The molecule has 1 aliphatic carbocycles. The molecule has 1 saturated carbocycles. The maximum absolute atomic E-state index is 5.57. The molecule has 1 aliphatic rings. The van der Waals surface area contributed by atoms with Crippen LogP contribution in [-0.4, -0.2) is 22.6 Å². The molecule has 0 unspecified atom stereocenters. The Bertz CT molecular complexity index is 432. The number of pyridine rings is 1. The third-order valence-electron chi connectivity index (χ3n) is 2.91. The van der Waals surface area contributed by atoms with Crippen molar-refractivity contribution in [1.82, 2.24) is 4.98 Å². The Morgan fingerprint density at radius 1 is 1.65 bits per heavy atom. The molecule has 0 spiro atoms. The van der Waals surface area contributed by atoms with E-state index in [0.29, 0.717) is 11.0 Å². The summed E-state index contributed by atoms with van der Waals surface area (Å²) in [7, 11) is 0. The van der Waals surface area contributed by atoms with Gasteiger partial charge in [-0.25, -0.2) is 4.98 Å². The summed E-state index contributed by atoms with van der Waals surface area (Å²) < 4.78 is 1.05. The molecule has 3 nitrogen and oxygen atoms in total. The number of aromatic nitrogens is 1. The largest absolute Gasteiger partial charge is 0.393 e. The highest BCUT2D eigenvalue weighted by atomic mass is 79.9. The van der Waals surface area contributed by atoms with Crippen LogP contribution < -0.4 is 10.6 Å². The summed E-state index contributed by atoms with van der Waals surface area (Å²) in [5.41, 5.74) is 6.77. The lowest BCUT2D eigenvalue weighted by atomic mass is 10.2. The molecule has 0 amide bonds. The zero-order valence-electron chi connectivity index (χ0n) is 9.82. The fraction of sp³-hybridized carbons (Fsp3) is 0.500. The van der Waals surface area contributed by atoms with E-state index in [1.807, 2.05) is 6.20 Å². The van der Waals surface area contributed by atoms with Crippen LogP contribution in [0.1, 0.15) is 24.8 Å². The third-order valence-corrected chi connectivity index (χ3v) is 3.95. The van der Waals surface area contributed by atoms with Crippen LogP contribution in [0.15, 0.2) is 16.7 Å². The van der Waals surface area contributed by atoms with E-state index in [-0.39, 0.29) is 0 Å². The van der Waals surface area contributed by atoms with E-state index in [9.17, 15) is 0 Å². The fourth-order valence-corrected chi connectivity index (χ4v) is 2.09. The third kappa shape index (κ3) is 3.39. The predicted molar refractivity (Wildman–Crippen MR) is 78.4 cm³/mol. The number of hydrogen-bond donors (Lipinski definition) is 1. The van der Waals surface area contributed by atoms with Crippen LogP contribution in [-0.2, 0) is 0 Å². The SMILES string of the molecule is Cc1cc(N(CCC(N)=S)C2CC2)ncc1Br. The number of rotatable bonds is 5. The summed E-state index contributed by atoms with van der Waals surface area (Å²) in [6.45, 7) is 2.95. The van der Waals surface area contributed by atoms with E-state index in [1.54, 1.807) is 0 Å². The topological polar surface area (TPSA) is 42.1 Å². The first-order valence-corrected chi connectivity index (χ1v) is 6.95. The minimum Gasteiger partial charge on any atom is -0.393 e. The molecule has 17 heavy (non-hydrogen) atoms. The van der Waals surface area contributed by atoms with Gasteiger partial charge >= 0.3 is 0 Å². The number of thiocarbonyl (C=S) groups is 1. The van der Waals surface area contributed by atoms with Crippen molar-refractivity contribution < 1.29 is 0 Å². The van der Waals surface area contributed by atoms with Gasteiger partial charge in [0.2, 0.25) is 0 Å². The zero-order chi connectivity index (χ0) is 12.4. The van der Waals surface area contributed by atoms with Crippen molar-refractivity contribution in [2.45, 2.75) is 32.2 Å². The molecule has 0 radical (unpaired) electrons. The lowest BCUT2D eigenvalue weighted by Crippen LogP contribution is -2.30. The molecule has 1 heterocycles. The first-order valence-electron chi connectivity index (χ1n) is 5.75. The van der Waals surface area contributed by atoms with E-state index in [0.717, 1.165) is 23.3 Å². The summed E-state index contributed by atoms with van der Waals surface area (Å²) in [4.78, 5) is 7.37. The Balaban J connectivity index is 2.14. The average molecular weight is 314 g/mol. The Kier molecular flexibility index (Phi) is 3.99. The standard InChI is InChI=1S/C12H16BrN3S/c1-8-6-12(15-7-10(8)13)16(9-2-3-9)5-4-11(14)17/h6-7,9H,2-5H2,1H3,(H2,14,17). The Morgan fingerprint density at radius 3 is 2.88 bits per heavy atom. The van der Waals surface area contributed by atoms with Gasteiger partial charge in [-0.15, -0.1) is 0 Å². The highest BCUT2D eigenvalue weighted by Gasteiger charge is 2.29. The molecule has 1 fully saturated rings. The summed E-state index contributed by atoms with van der Waals surface area (Å²) in [6.07, 6.45) is 5.10. The number of aryl methyl sites for hydroxylation is 1. The van der Waals surface area contributed by atoms with Crippen LogP contribution in [0, 0.1) is 6.92 Å². The number of halogens is 1. The van der Waals surface area contributed by atoms with Crippen LogP contribution in [0.5, 0.6) is 0 Å². The second-order valence-electron chi connectivity index (χ2n) is 4.43. The molecule has 2 rings (SSSR count). The van der Waals surface area contributed by atoms with Gasteiger partial charge < -0.3 is 10.6 Å². The molecule has 0 aliphatic heterocycles. The van der Waals surface area contributed by atoms with Gasteiger partial charge in [-0.2, -0.15) is 0 Å². The molecule has 1 aromatic heterocycles. The van der Waals surface area contributed by atoms with Gasteiger partial charge in [0, 0.05) is 29.7 Å². The van der Waals surface area contributed by atoms with Crippen molar-refractivity contribution >= 4 is 39.0 Å². The molecule has 5 heteroatoms. The molecule has 2 N–H and O–H groups in total. The molecule has 0 aromatic carbocycles. The first-order chi connectivity index (χ1) is 8.08. The van der Waals surface area contributed by atoms with Gasteiger partial charge in [-0.1, -0.05) is 12.2 Å². The van der Waals surface area contributed by atoms with E-state index in [4.69, 9.17) is 18.0 Å². The van der Waals surface area contributed by atoms with Gasteiger partial charge in [-0.05, 0) is 47.3 Å². The normalized spacial score (nSPS) is 14.7. The van der Waals surface area contributed by atoms with Gasteiger partial charge in [0.1, 0.15) is 5.82 Å². The van der Waals surface area contributed by atoms with Crippen molar-refractivity contribution in [1.29, 1.82) is 0 Å². The highest BCUT2D eigenvalue weighted by molar-refractivity contribution is 9.10. The Hall–Kier alpha value is -0.680.